The van der Waals surface area contributed by atoms with E-state index in [1.165, 1.54) is 28.5 Å². The fourth-order valence-corrected chi connectivity index (χ4v) is 5.54. The first-order chi connectivity index (χ1) is 15.2. The molecule has 5 rings (SSSR count). The molecule has 1 saturated carbocycles. The lowest BCUT2D eigenvalue weighted by Crippen LogP contribution is -2.38. The van der Waals surface area contributed by atoms with E-state index in [9.17, 15) is 0 Å². The lowest BCUT2D eigenvalue weighted by molar-refractivity contribution is 0.350. The highest BCUT2D eigenvalue weighted by Gasteiger charge is 2.23. The number of thiophene rings is 1. The maximum atomic E-state index is 4.83. The zero-order valence-corrected chi connectivity index (χ0v) is 19.0. The molecule has 0 bridgehead atoms. The molecule has 2 aromatic heterocycles. The van der Waals surface area contributed by atoms with Gasteiger partial charge in [0.15, 0.2) is 0 Å². The van der Waals surface area contributed by atoms with Crippen LogP contribution in [0, 0.1) is 0 Å². The van der Waals surface area contributed by atoms with Crippen LogP contribution in [-0.4, -0.2) is 36.1 Å². The molecule has 2 N–H and O–H groups in total. The number of rotatable bonds is 6. The minimum Gasteiger partial charge on any atom is -0.362 e. The molecule has 0 saturated heterocycles. The van der Waals surface area contributed by atoms with Crippen LogP contribution in [0.5, 0.6) is 0 Å². The van der Waals surface area contributed by atoms with Crippen molar-refractivity contribution in [3.63, 3.8) is 0 Å². The van der Waals surface area contributed by atoms with Gasteiger partial charge >= 0.3 is 0 Å². The van der Waals surface area contributed by atoms with Crippen LogP contribution in [0.15, 0.2) is 53.9 Å². The normalized spacial score (nSPS) is 19.0. The lowest BCUT2D eigenvalue weighted by Gasteiger charge is -2.30. The van der Waals surface area contributed by atoms with Crippen molar-refractivity contribution in [2.24, 2.45) is 0 Å². The maximum Gasteiger partial charge on any atom is 0.225 e. The summed E-state index contributed by atoms with van der Waals surface area (Å²) in [6.07, 6.45) is 4.69. The lowest BCUT2D eigenvalue weighted by atomic mass is 9.91. The van der Waals surface area contributed by atoms with Crippen molar-refractivity contribution in [3.8, 4) is 0 Å². The highest BCUT2D eigenvalue weighted by atomic mass is 32.1. The number of para-hydroxylation sites is 1. The fraction of sp³-hybridized carbons (Fsp3) is 0.360. The summed E-state index contributed by atoms with van der Waals surface area (Å²) >= 11 is 1.83. The highest BCUT2D eigenvalue weighted by molar-refractivity contribution is 7.17. The predicted octanol–water partition coefficient (Wildman–Crippen LogP) is 5.42. The van der Waals surface area contributed by atoms with E-state index in [0.29, 0.717) is 12.1 Å². The van der Waals surface area contributed by atoms with Gasteiger partial charge < -0.3 is 15.5 Å². The molecule has 31 heavy (non-hydrogen) atoms. The van der Waals surface area contributed by atoms with Gasteiger partial charge in [-0.3, -0.25) is 0 Å². The number of hydrogen-bond donors (Lipinski definition) is 2. The number of anilines is 2. The summed E-state index contributed by atoms with van der Waals surface area (Å²) in [5.74, 6) is 1.69. The van der Waals surface area contributed by atoms with E-state index in [1.54, 1.807) is 0 Å². The molecule has 0 radical (unpaired) electrons. The van der Waals surface area contributed by atoms with Crippen LogP contribution in [0.4, 0.5) is 11.8 Å². The zero-order chi connectivity index (χ0) is 21.2. The van der Waals surface area contributed by atoms with Crippen molar-refractivity contribution in [2.75, 3.05) is 24.3 Å². The molecule has 0 spiro atoms. The zero-order valence-electron chi connectivity index (χ0n) is 18.1. The molecule has 1 aliphatic carbocycles. The van der Waals surface area contributed by atoms with Crippen LogP contribution >= 0.6 is 11.3 Å². The SMILES string of the molecule is CN(C)c1nc(N[C@@H]2CCC[C@@H](NCc3csc4ccccc34)C2)nc2ccccc12. The third-order valence-corrected chi connectivity index (χ3v) is 7.17. The summed E-state index contributed by atoms with van der Waals surface area (Å²) in [4.78, 5) is 11.7. The van der Waals surface area contributed by atoms with E-state index in [0.717, 1.165) is 42.1 Å². The molecule has 0 aliphatic heterocycles. The second-order valence-electron chi connectivity index (χ2n) is 8.63. The van der Waals surface area contributed by atoms with E-state index in [1.807, 2.05) is 37.6 Å². The van der Waals surface area contributed by atoms with Gasteiger partial charge in [0.05, 0.1) is 5.52 Å². The van der Waals surface area contributed by atoms with Crippen LogP contribution in [0.2, 0.25) is 0 Å². The number of fused-ring (bicyclic) bond motifs is 2. The summed E-state index contributed by atoms with van der Waals surface area (Å²) < 4.78 is 1.37. The van der Waals surface area contributed by atoms with Gasteiger partial charge in [-0.15, -0.1) is 11.3 Å². The van der Waals surface area contributed by atoms with Crippen LogP contribution < -0.4 is 15.5 Å². The van der Waals surface area contributed by atoms with Crippen molar-refractivity contribution in [3.05, 3.63) is 59.5 Å². The first-order valence-electron chi connectivity index (χ1n) is 11.1. The minimum atomic E-state index is 0.390. The Kier molecular flexibility index (Phi) is 5.74. The predicted molar refractivity (Wildman–Crippen MR) is 132 cm³/mol. The Bertz CT molecular complexity index is 1180. The molecule has 2 aromatic carbocycles. The third-order valence-electron chi connectivity index (χ3n) is 6.16. The minimum absolute atomic E-state index is 0.390. The number of hydrogen-bond acceptors (Lipinski definition) is 6. The van der Waals surface area contributed by atoms with E-state index >= 15 is 0 Å². The van der Waals surface area contributed by atoms with Crippen molar-refractivity contribution >= 4 is 44.1 Å². The fourth-order valence-electron chi connectivity index (χ4n) is 4.58. The van der Waals surface area contributed by atoms with Crippen LogP contribution in [0.1, 0.15) is 31.2 Å². The van der Waals surface area contributed by atoms with Gasteiger partial charge in [0.2, 0.25) is 5.95 Å². The van der Waals surface area contributed by atoms with Gasteiger partial charge in [-0.25, -0.2) is 4.98 Å². The average molecular weight is 432 g/mol. The van der Waals surface area contributed by atoms with E-state index in [-0.39, 0.29) is 0 Å². The number of benzene rings is 2. The van der Waals surface area contributed by atoms with Gasteiger partial charge in [0.25, 0.3) is 0 Å². The largest absolute Gasteiger partial charge is 0.362 e. The van der Waals surface area contributed by atoms with Crippen molar-refractivity contribution in [1.82, 2.24) is 15.3 Å². The van der Waals surface area contributed by atoms with Gasteiger partial charge in [0.1, 0.15) is 5.82 Å². The Balaban J connectivity index is 1.26. The Morgan fingerprint density at radius 1 is 0.968 bits per heavy atom. The van der Waals surface area contributed by atoms with Crippen LogP contribution in [-0.2, 0) is 6.54 Å². The van der Waals surface area contributed by atoms with E-state index in [2.05, 4.69) is 57.3 Å². The third kappa shape index (κ3) is 4.36. The molecule has 160 valence electrons. The van der Waals surface area contributed by atoms with Gasteiger partial charge in [-0.1, -0.05) is 30.3 Å². The highest BCUT2D eigenvalue weighted by Crippen LogP contribution is 2.28. The molecule has 6 heteroatoms. The summed E-state index contributed by atoms with van der Waals surface area (Å²) in [6.45, 7) is 0.929. The maximum absolute atomic E-state index is 4.83. The molecular formula is C25H29N5S. The molecule has 0 amide bonds. The molecule has 2 heterocycles. The Hall–Kier alpha value is -2.70. The smallest absolute Gasteiger partial charge is 0.225 e. The number of aromatic nitrogens is 2. The standard InChI is InChI=1S/C25H29N5S/c1-30(2)24-21-11-3-5-12-22(21)28-25(29-24)27-19-9-7-8-18(14-19)26-15-17-16-31-23-13-6-4-10-20(17)23/h3-6,10-13,16,18-19,26H,7-9,14-15H2,1-2H3,(H,27,28,29)/t18-,19-/m1/s1. The van der Waals surface area contributed by atoms with Crippen molar-refractivity contribution < 1.29 is 0 Å². The van der Waals surface area contributed by atoms with Crippen LogP contribution in [0.25, 0.3) is 21.0 Å². The molecule has 5 nitrogen and oxygen atoms in total. The Labute approximate surface area is 187 Å². The molecule has 1 aliphatic rings. The molecule has 1 fully saturated rings. The van der Waals surface area contributed by atoms with Gasteiger partial charge in [-0.2, -0.15) is 4.98 Å². The monoisotopic (exact) mass is 431 g/mol. The summed E-state index contributed by atoms with van der Waals surface area (Å²) in [5.41, 5.74) is 2.39. The quantitative estimate of drug-likeness (QED) is 0.427. The first-order valence-corrected chi connectivity index (χ1v) is 11.9. The Morgan fingerprint density at radius 2 is 1.74 bits per heavy atom. The van der Waals surface area contributed by atoms with Crippen LogP contribution in [0.3, 0.4) is 0 Å². The van der Waals surface area contributed by atoms with Crippen molar-refractivity contribution in [1.29, 1.82) is 0 Å². The second kappa shape index (κ2) is 8.81. The molecular weight excluding hydrogens is 402 g/mol. The van der Waals surface area contributed by atoms with Gasteiger partial charge in [0, 0.05) is 42.8 Å². The second-order valence-corrected chi connectivity index (χ2v) is 9.54. The average Bonchev–Trinajstić information content (AvgIpc) is 3.20. The molecule has 0 unspecified atom stereocenters. The first kappa shape index (κ1) is 20.2. The topological polar surface area (TPSA) is 53.1 Å². The molecule has 2 atom stereocenters. The number of nitrogens with zero attached hydrogens (tertiary/aromatic N) is 3. The summed E-state index contributed by atoms with van der Waals surface area (Å²) in [6, 6.07) is 17.8. The van der Waals surface area contributed by atoms with Gasteiger partial charge in [-0.05, 0) is 60.2 Å². The van der Waals surface area contributed by atoms with E-state index in [4.69, 9.17) is 9.97 Å². The molecule has 4 aromatic rings. The Morgan fingerprint density at radius 3 is 2.61 bits per heavy atom. The number of nitrogens with one attached hydrogen (secondary N) is 2. The summed E-state index contributed by atoms with van der Waals surface area (Å²) in [5, 5.41) is 12.2. The van der Waals surface area contributed by atoms with Crippen molar-refractivity contribution in [2.45, 2.75) is 44.3 Å². The van der Waals surface area contributed by atoms with E-state index < -0.39 is 0 Å². The summed E-state index contributed by atoms with van der Waals surface area (Å²) in [7, 11) is 4.07.